The van der Waals surface area contributed by atoms with Crippen LogP contribution in [0.2, 0.25) is 0 Å². The van der Waals surface area contributed by atoms with Crippen molar-refractivity contribution >= 4 is 18.0 Å². The van der Waals surface area contributed by atoms with E-state index in [1.54, 1.807) is 18.0 Å². The number of amides is 1. The van der Waals surface area contributed by atoms with Crippen molar-refractivity contribution in [1.29, 1.82) is 0 Å². The fourth-order valence-corrected chi connectivity index (χ4v) is 3.46. The quantitative estimate of drug-likeness (QED) is 0.245. The van der Waals surface area contributed by atoms with Crippen molar-refractivity contribution < 1.29 is 34.0 Å². The van der Waals surface area contributed by atoms with Gasteiger partial charge in [-0.1, -0.05) is 6.07 Å². The summed E-state index contributed by atoms with van der Waals surface area (Å²) in [7, 11) is 3.13. The zero-order valence-electron chi connectivity index (χ0n) is 19.1. The van der Waals surface area contributed by atoms with Crippen LogP contribution in [-0.4, -0.2) is 64.3 Å². The molecule has 11 heteroatoms. The Morgan fingerprint density at radius 3 is 2.57 bits per heavy atom. The number of likely N-dealkylation sites (N-methyl/N-ethyl adjacent to an activating group) is 1. The number of carbonyl (C=O) groups excluding carboxylic acids is 2. The van der Waals surface area contributed by atoms with Crippen LogP contribution in [0, 0.1) is 5.82 Å². The van der Waals surface area contributed by atoms with Gasteiger partial charge in [0.15, 0.2) is 11.6 Å². The van der Waals surface area contributed by atoms with Gasteiger partial charge in [-0.3, -0.25) is 14.6 Å². The first-order valence-corrected chi connectivity index (χ1v) is 10.6. The van der Waals surface area contributed by atoms with E-state index in [0.29, 0.717) is 28.5 Å². The summed E-state index contributed by atoms with van der Waals surface area (Å²) in [6.45, 7) is 0.279. The van der Waals surface area contributed by atoms with Crippen LogP contribution in [-0.2, 0) is 12.8 Å². The molecule has 0 aliphatic rings. The van der Waals surface area contributed by atoms with Gasteiger partial charge in [-0.15, -0.1) is 0 Å². The molecule has 4 N–H and O–H groups in total. The lowest BCUT2D eigenvalue weighted by molar-refractivity contribution is -0.419. The van der Waals surface area contributed by atoms with E-state index in [-0.39, 0.29) is 42.6 Å². The molecule has 2 aromatic heterocycles. The highest BCUT2D eigenvalue weighted by molar-refractivity contribution is 5.91. The smallest absolute Gasteiger partial charge is 0.417 e. The first kappa shape index (κ1) is 25.7. The number of hydrogen-bond acceptors (Lipinski definition) is 9. The zero-order chi connectivity index (χ0) is 25.6. The van der Waals surface area contributed by atoms with Crippen LogP contribution in [0.15, 0.2) is 48.8 Å². The van der Waals surface area contributed by atoms with Gasteiger partial charge in [0, 0.05) is 45.0 Å². The zero-order valence-corrected chi connectivity index (χ0v) is 19.1. The van der Waals surface area contributed by atoms with E-state index in [1.807, 2.05) is 0 Å². The van der Waals surface area contributed by atoms with E-state index in [9.17, 15) is 29.3 Å². The standard InChI is InChI=1S/C24H25FN4O6/c1-26-23(31)20-6-5-15(13-28-20)10-17-11-18(14-30)16(12-21(17)35-24(32,33)34)7-9-29(2)22-19(25)4-3-8-27-22/h3-6,8,11-14,32-34H,7,9-10H2,1-2H3,(H,26,31). The minimum atomic E-state index is -3.45. The normalized spacial score (nSPS) is 11.1. The second kappa shape index (κ2) is 11.0. The number of halogens is 1. The number of rotatable bonds is 10. The van der Waals surface area contributed by atoms with Crippen molar-refractivity contribution in [3.63, 3.8) is 0 Å². The molecule has 35 heavy (non-hydrogen) atoms. The second-order valence-corrected chi connectivity index (χ2v) is 7.74. The summed E-state index contributed by atoms with van der Waals surface area (Å²) >= 11 is 0. The lowest BCUT2D eigenvalue weighted by Crippen LogP contribution is -2.35. The Labute approximate surface area is 200 Å². The van der Waals surface area contributed by atoms with Crippen molar-refractivity contribution in [2.45, 2.75) is 19.0 Å². The molecular weight excluding hydrogens is 459 g/mol. The molecule has 0 unspecified atom stereocenters. The Balaban J connectivity index is 1.89. The molecule has 1 aromatic carbocycles. The maximum Gasteiger partial charge on any atom is 0.453 e. The summed E-state index contributed by atoms with van der Waals surface area (Å²) in [6, 6.07) is 8.84. The molecule has 0 fully saturated rings. The van der Waals surface area contributed by atoms with E-state index in [1.165, 1.54) is 49.8 Å². The molecule has 1 amide bonds. The van der Waals surface area contributed by atoms with Gasteiger partial charge in [-0.25, -0.2) is 9.37 Å². The largest absolute Gasteiger partial charge is 0.453 e. The molecule has 0 saturated heterocycles. The lowest BCUT2D eigenvalue weighted by Gasteiger charge is -2.22. The van der Waals surface area contributed by atoms with E-state index < -0.39 is 12.0 Å². The van der Waals surface area contributed by atoms with Crippen LogP contribution >= 0.6 is 0 Å². The molecule has 0 radical (unpaired) electrons. The van der Waals surface area contributed by atoms with Gasteiger partial charge in [0.05, 0.1) is 0 Å². The van der Waals surface area contributed by atoms with E-state index >= 15 is 0 Å². The van der Waals surface area contributed by atoms with Crippen LogP contribution in [0.1, 0.15) is 37.5 Å². The molecule has 184 valence electrons. The molecule has 0 atom stereocenters. The Morgan fingerprint density at radius 1 is 1.20 bits per heavy atom. The second-order valence-electron chi connectivity index (χ2n) is 7.74. The fourth-order valence-electron chi connectivity index (χ4n) is 3.46. The summed E-state index contributed by atoms with van der Waals surface area (Å²) in [5, 5.41) is 30.7. The molecule has 0 aliphatic carbocycles. The molecule has 3 rings (SSSR count). The van der Waals surface area contributed by atoms with Gasteiger partial charge < -0.3 is 30.3 Å². The third-order valence-electron chi connectivity index (χ3n) is 5.19. The summed E-state index contributed by atoms with van der Waals surface area (Å²) in [5.41, 5.74) is 1.98. The molecule has 0 saturated carbocycles. The maximum atomic E-state index is 14.0. The number of hydrogen-bond donors (Lipinski definition) is 4. The van der Waals surface area contributed by atoms with Gasteiger partial charge in [-0.2, -0.15) is 0 Å². The first-order valence-electron chi connectivity index (χ1n) is 10.6. The molecule has 10 nitrogen and oxygen atoms in total. The maximum absolute atomic E-state index is 14.0. The van der Waals surface area contributed by atoms with Crippen molar-refractivity contribution in [2.75, 3.05) is 25.5 Å². The average molecular weight is 484 g/mol. The predicted octanol–water partition coefficient (Wildman–Crippen LogP) is 1.02. The van der Waals surface area contributed by atoms with Crippen LogP contribution in [0.3, 0.4) is 0 Å². The van der Waals surface area contributed by atoms with Gasteiger partial charge in [0.1, 0.15) is 17.7 Å². The van der Waals surface area contributed by atoms with E-state index in [4.69, 9.17) is 4.74 Å². The van der Waals surface area contributed by atoms with Crippen LogP contribution in [0.5, 0.6) is 5.75 Å². The van der Waals surface area contributed by atoms with Gasteiger partial charge in [0.25, 0.3) is 5.91 Å². The predicted molar refractivity (Wildman–Crippen MR) is 123 cm³/mol. The van der Waals surface area contributed by atoms with Gasteiger partial charge in [0.2, 0.25) is 0 Å². The number of nitrogens with zero attached hydrogens (tertiary/aromatic N) is 3. The highest BCUT2D eigenvalue weighted by atomic mass is 19.1. The topological polar surface area (TPSA) is 145 Å². The van der Waals surface area contributed by atoms with Gasteiger partial charge >= 0.3 is 6.16 Å². The Kier molecular flexibility index (Phi) is 8.07. The summed E-state index contributed by atoms with van der Waals surface area (Å²) in [5.74, 6) is -0.790. The number of aldehydes is 1. The summed E-state index contributed by atoms with van der Waals surface area (Å²) in [6.07, 6.45) is 0.515. The number of aromatic nitrogens is 2. The average Bonchev–Trinajstić information content (AvgIpc) is 2.83. The Morgan fingerprint density at radius 2 is 1.97 bits per heavy atom. The summed E-state index contributed by atoms with van der Waals surface area (Å²) in [4.78, 5) is 33.2. The van der Waals surface area contributed by atoms with Crippen LogP contribution in [0.25, 0.3) is 0 Å². The Hall–Kier alpha value is -3.93. The van der Waals surface area contributed by atoms with E-state index in [2.05, 4.69) is 15.3 Å². The highest BCUT2D eigenvalue weighted by Gasteiger charge is 2.24. The van der Waals surface area contributed by atoms with Crippen molar-refractivity contribution in [3.8, 4) is 5.75 Å². The van der Waals surface area contributed by atoms with E-state index in [0.717, 1.165) is 0 Å². The van der Waals surface area contributed by atoms with Crippen molar-refractivity contribution in [1.82, 2.24) is 15.3 Å². The first-order chi connectivity index (χ1) is 16.6. The number of carbonyl (C=O) groups is 2. The molecule has 0 aliphatic heterocycles. The third kappa shape index (κ3) is 6.79. The molecule has 2 heterocycles. The number of anilines is 1. The van der Waals surface area contributed by atoms with Crippen LogP contribution < -0.4 is 15.0 Å². The molecular formula is C24H25FN4O6. The van der Waals surface area contributed by atoms with Gasteiger partial charge in [-0.05, 0) is 53.4 Å². The summed E-state index contributed by atoms with van der Waals surface area (Å²) < 4.78 is 18.9. The number of benzene rings is 1. The SMILES string of the molecule is CNC(=O)c1ccc(Cc2cc(C=O)c(CCN(C)c3ncccc3F)cc2OC(O)(O)O)cn1. The minimum absolute atomic E-state index is 0.0832. The third-order valence-corrected chi connectivity index (χ3v) is 5.19. The number of pyridine rings is 2. The Bertz CT molecular complexity index is 1200. The highest BCUT2D eigenvalue weighted by Crippen LogP contribution is 2.28. The van der Waals surface area contributed by atoms with Crippen LogP contribution in [0.4, 0.5) is 10.2 Å². The number of ether oxygens (including phenoxy) is 1. The molecule has 0 spiro atoms. The minimum Gasteiger partial charge on any atom is -0.417 e. The van der Waals surface area contributed by atoms with Crippen molar-refractivity contribution in [3.05, 3.63) is 82.6 Å². The lowest BCUT2D eigenvalue weighted by atomic mass is 9.97. The monoisotopic (exact) mass is 484 g/mol. The van der Waals surface area contributed by atoms with Crippen molar-refractivity contribution in [2.24, 2.45) is 0 Å². The molecule has 3 aromatic rings. The number of aliphatic hydroxyl groups is 3. The fraction of sp³-hybridized carbons (Fsp3) is 0.250. The molecule has 0 bridgehead atoms. The number of nitrogens with one attached hydrogen (secondary N) is 1.